The van der Waals surface area contributed by atoms with Crippen LogP contribution in [0.15, 0.2) is 65.1 Å². The predicted octanol–water partition coefficient (Wildman–Crippen LogP) is 7.89. The lowest BCUT2D eigenvalue weighted by molar-refractivity contribution is -0.127. The van der Waals surface area contributed by atoms with E-state index in [-0.39, 0.29) is 22.8 Å². The quantitative estimate of drug-likeness (QED) is 0.191. The minimum Gasteiger partial charge on any atom is -0.465 e. The van der Waals surface area contributed by atoms with Crippen LogP contribution in [0.4, 0.5) is 10.1 Å². The minimum atomic E-state index is -0.553. The fraction of sp³-hybridized carbons (Fsp3) is 0.281. The van der Waals surface area contributed by atoms with Crippen LogP contribution in [0.25, 0.3) is 16.7 Å². The first-order valence-electron chi connectivity index (χ1n) is 13.4. The van der Waals surface area contributed by atoms with Crippen molar-refractivity contribution < 1.29 is 23.5 Å². The number of methoxy groups -OCH3 is 1. The van der Waals surface area contributed by atoms with Crippen LogP contribution in [0, 0.1) is 11.7 Å². The number of halogens is 3. The van der Waals surface area contributed by atoms with Crippen LogP contribution in [-0.4, -0.2) is 36.3 Å². The molecule has 2 amide bonds. The van der Waals surface area contributed by atoms with Gasteiger partial charge in [-0.15, -0.1) is 0 Å². The molecule has 41 heavy (non-hydrogen) atoms. The number of nitrogens with zero attached hydrogens (tertiary/aromatic N) is 1. The highest BCUT2D eigenvalue weighted by molar-refractivity contribution is 9.10. The second kappa shape index (κ2) is 13.4. The van der Waals surface area contributed by atoms with Crippen LogP contribution in [0.3, 0.4) is 0 Å². The molecule has 214 valence electrons. The minimum absolute atomic E-state index is 0.00226. The molecule has 1 heterocycles. The molecule has 0 aromatic heterocycles. The summed E-state index contributed by atoms with van der Waals surface area (Å²) in [5, 5.41) is 3.01. The average molecular weight is 642 g/mol. The van der Waals surface area contributed by atoms with Crippen molar-refractivity contribution in [1.82, 2.24) is 4.90 Å². The maximum Gasteiger partial charge on any atom is 0.337 e. The molecule has 0 saturated heterocycles. The van der Waals surface area contributed by atoms with E-state index >= 15 is 0 Å². The van der Waals surface area contributed by atoms with E-state index in [2.05, 4.69) is 21.2 Å². The highest BCUT2D eigenvalue weighted by atomic mass is 79.9. The van der Waals surface area contributed by atoms with E-state index < -0.39 is 11.8 Å². The molecular formula is C32H31BrClFN2O4. The third-order valence-corrected chi connectivity index (χ3v) is 8.06. The Morgan fingerprint density at radius 2 is 1.95 bits per heavy atom. The second-order valence-corrected chi connectivity index (χ2v) is 11.3. The van der Waals surface area contributed by atoms with Gasteiger partial charge in [0.1, 0.15) is 5.82 Å². The molecular weight excluding hydrogens is 611 g/mol. The molecule has 1 atom stereocenters. The third kappa shape index (κ3) is 7.05. The molecule has 0 aliphatic carbocycles. The van der Waals surface area contributed by atoms with Crippen molar-refractivity contribution >= 4 is 56.6 Å². The van der Waals surface area contributed by atoms with Gasteiger partial charge in [0.2, 0.25) is 11.8 Å². The Bertz CT molecular complexity index is 1520. The van der Waals surface area contributed by atoms with Crippen molar-refractivity contribution in [1.29, 1.82) is 0 Å². The number of carbonyl (C=O) groups excluding carboxylic acids is 3. The van der Waals surface area contributed by atoms with E-state index in [1.165, 1.54) is 19.3 Å². The maximum atomic E-state index is 14.7. The van der Waals surface area contributed by atoms with E-state index in [4.69, 9.17) is 16.3 Å². The van der Waals surface area contributed by atoms with Gasteiger partial charge in [0.25, 0.3) is 0 Å². The number of ether oxygens (including phenoxy) is 1. The van der Waals surface area contributed by atoms with Gasteiger partial charge in [-0.3, -0.25) is 9.59 Å². The number of rotatable bonds is 9. The highest BCUT2D eigenvalue weighted by Gasteiger charge is 2.24. The molecule has 9 heteroatoms. The third-order valence-electron chi connectivity index (χ3n) is 7.10. The number of carbonyl (C=O) groups is 3. The SMILES string of the molecule is CCCC(C)C(=O)Nc1ccc(C(=O)OC)cc1-c1cccc(CN2CCC(c3c(Br)ccc(Cl)c3F)=CC2=O)c1. The van der Waals surface area contributed by atoms with Crippen molar-refractivity contribution in [2.75, 3.05) is 19.0 Å². The van der Waals surface area contributed by atoms with Gasteiger partial charge in [-0.1, -0.05) is 66.0 Å². The van der Waals surface area contributed by atoms with Gasteiger partial charge in [-0.25, -0.2) is 9.18 Å². The van der Waals surface area contributed by atoms with Gasteiger partial charge >= 0.3 is 5.97 Å². The topological polar surface area (TPSA) is 75.7 Å². The molecule has 0 fully saturated rings. The van der Waals surface area contributed by atoms with E-state index in [0.29, 0.717) is 51.9 Å². The summed E-state index contributed by atoms with van der Waals surface area (Å²) in [6, 6.07) is 15.8. The number of hydrogen-bond acceptors (Lipinski definition) is 4. The molecule has 6 nitrogen and oxygen atoms in total. The molecule has 0 spiro atoms. The molecule has 1 N–H and O–H groups in total. The summed E-state index contributed by atoms with van der Waals surface area (Å²) in [6.07, 6.45) is 3.58. The predicted molar refractivity (Wildman–Crippen MR) is 163 cm³/mol. The van der Waals surface area contributed by atoms with Crippen molar-refractivity contribution in [3.05, 3.63) is 92.7 Å². The Kier molecular flexibility index (Phi) is 9.99. The molecule has 1 aliphatic heterocycles. The zero-order valence-corrected chi connectivity index (χ0v) is 25.4. The first-order valence-corrected chi connectivity index (χ1v) is 14.6. The zero-order chi connectivity index (χ0) is 29.7. The van der Waals surface area contributed by atoms with Crippen LogP contribution < -0.4 is 5.32 Å². The highest BCUT2D eigenvalue weighted by Crippen LogP contribution is 2.35. The molecule has 3 aromatic rings. The molecule has 0 radical (unpaired) electrons. The van der Waals surface area contributed by atoms with Gasteiger partial charge in [-0.2, -0.15) is 0 Å². The zero-order valence-electron chi connectivity index (χ0n) is 23.1. The number of benzene rings is 3. The molecule has 1 unspecified atom stereocenters. The van der Waals surface area contributed by atoms with Crippen molar-refractivity contribution in [3.8, 4) is 11.1 Å². The van der Waals surface area contributed by atoms with E-state index in [9.17, 15) is 18.8 Å². The monoisotopic (exact) mass is 640 g/mol. The van der Waals surface area contributed by atoms with Crippen LogP contribution in [-0.2, 0) is 20.9 Å². The largest absolute Gasteiger partial charge is 0.465 e. The second-order valence-electron chi connectivity index (χ2n) is 10.0. The summed E-state index contributed by atoms with van der Waals surface area (Å²) < 4.78 is 20.2. The summed E-state index contributed by atoms with van der Waals surface area (Å²) in [7, 11) is 1.32. The van der Waals surface area contributed by atoms with Crippen molar-refractivity contribution in [3.63, 3.8) is 0 Å². The normalized spacial score (nSPS) is 14.0. The molecule has 4 rings (SSSR count). The number of nitrogens with one attached hydrogen (secondary N) is 1. The first-order chi connectivity index (χ1) is 19.6. The van der Waals surface area contributed by atoms with E-state index in [1.807, 2.05) is 38.1 Å². The summed E-state index contributed by atoms with van der Waals surface area (Å²) in [6.45, 7) is 4.66. The Morgan fingerprint density at radius 3 is 2.66 bits per heavy atom. The number of amides is 2. The molecule has 3 aromatic carbocycles. The van der Waals surface area contributed by atoms with Gasteiger partial charge in [0.15, 0.2) is 0 Å². The molecule has 1 aliphatic rings. The van der Waals surface area contributed by atoms with Gasteiger partial charge in [0.05, 0.1) is 17.7 Å². The summed E-state index contributed by atoms with van der Waals surface area (Å²) in [5.74, 6) is -1.53. The lowest BCUT2D eigenvalue weighted by Crippen LogP contribution is -2.33. The maximum absolute atomic E-state index is 14.7. The van der Waals surface area contributed by atoms with Crippen molar-refractivity contribution in [2.24, 2.45) is 5.92 Å². The van der Waals surface area contributed by atoms with Crippen molar-refractivity contribution in [2.45, 2.75) is 39.7 Å². The van der Waals surface area contributed by atoms with E-state index in [1.54, 1.807) is 29.2 Å². The number of hydrogen-bond donors (Lipinski definition) is 1. The van der Waals surface area contributed by atoms with Gasteiger partial charge in [0, 0.05) is 46.4 Å². The summed E-state index contributed by atoms with van der Waals surface area (Å²) in [5.41, 5.74) is 4.14. The fourth-order valence-electron chi connectivity index (χ4n) is 4.87. The fourth-order valence-corrected chi connectivity index (χ4v) is 5.59. The van der Waals surface area contributed by atoms with Gasteiger partial charge in [-0.05, 0) is 65.9 Å². The summed E-state index contributed by atoms with van der Waals surface area (Å²) in [4.78, 5) is 39.9. The molecule has 0 bridgehead atoms. The van der Waals surface area contributed by atoms with E-state index in [0.717, 1.165) is 24.0 Å². The van der Waals surface area contributed by atoms with Gasteiger partial charge < -0.3 is 15.0 Å². The van der Waals surface area contributed by atoms with Crippen LogP contribution in [0.1, 0.15) is 54.6 Å². The number of esters is 1. The Hall–Kier alpha value is -3.49. The summed E-state index contributed by atoms with van der Waals surface area (Å²) >= 11 is 9.35. The van der Waals surface area contributed by atoms with Crippen LogP contribution in [0.5, 0.6) is 0 Å². The van der Waals surface area contributed by atoms with Crippen LogP contribution in [0.2, 0.25) is 5.02 Å². The molecule has 0 saturated carbocycles. The number of anilines is 1. The Morgan fingerprint density at radius 1 is 1.17 bits per heavy atom. The lowest BCUT2D eigenvalue weighted by atomic mass is 9.96. The van der Waals surface area contributed by atoms with Crippen LogP contribution >= 0.6 is 27.5 Å². The Balaban J connectivity index is 1.61. The smallest absolute Gasteiger partial charge is 0.337 e. The first kappa shape index (κ1) is 30.5. The average Bonchev–Trinajstić information content (AvgIpc) is 2.96. The standard InChI is InChI=1S/C32H31BrClFN2O4/c1-4-6-19(2)31(39)36-27-12-9-23(32(40)41-3)16-24(27)21-8-5-7-20(15-21)18-37-14-13-22(17-28(37)38)29-25(33)10-11-26(34)30(29)35/h5,7-12,15-17,19H,4,6,13-14,18H2,1-3H3,(H,36,39). The lowest BCUT2D eigenvalue weighted by Gasteiger charge is -2.27. The Labute approximate surface area is 252 Å².